The molecule has 1 amide bonds. The number of benzene rings is 2. The molecule has 0 spiro atoms. The van der Waals surface area contributed by atoms with Gasteiger partial charge in [-0.3, -0.25) is 14.5 Å². The van der Waals surface area contributed by atoms with Gasteiger partial charge in [0, 0.05) is 17.4 Å². The minimum Gasteiger partial charge on any atom is -0.326 e. The topological polar surface area (TPSA) is 72.7 Å². The molecule has 0 bridgehead atoms. The van der Waals surface area contributed by atoms with Crippen LogP contribution in [0.3, 0.4) is 0 Å². The fourth-order valence-electron chi connectivity index (χ4n) is 3.05. The molecule has 4 rings (SSSR count). The quantitative estimate of drug-likeness (QED) is 0.574. The maximum Gasteiger partial charge on any atom is 0.229 e. The molecule has 140 valence electrons. The van der Waals surface area contributed by atoms with Gasteiger partial charge in [-0.2, -0.15) is 5.10 Å². The molecule has 1 atom stereocenters. The summed E-state index contributed by atoms with van der Waals surface area (Å²) < 4.78 is 1.79. The number of aryl methyl sites for hydroxylation is 1. The summed E-state index contributed by atoms with van der Waals surface area (Å²) in [5, 5.41) is 7.33. The molecule has 0 aliphatic carbocycles. The van der Waals surface area contributed by atoms with Gasteiger partial charge in [-0.15, -0.1) is 0 Å². The normalized spacial score (nSPS) is 12.1. The second kappa shape index (κ2) is 7.60. The second-order valence-corrected chi connectivity index (χ2v) is 6.89. The number of carbonyl (C=O) groups is 1. The van der Waals surface area contributed by atoms with Crippen molar-refractivity contribution in [2.45, 2.75) is 20.4 Å². The van der Waals surface area contributed by atoms with Crippen molar-refractivity contribution < 1.29 is 4.79 Å². The van der Waals surface area contributed by atoms with Crippen LogP contribution in [0.25, 0.3) is 22.3 Å². The molecule has 0 saturated heterocycles. The van der Waals surface area contributed by atoms with Crippen molar-refractivity contribution in [3.8, 4) is 11.3 Å². The van der Waals surface area contributed by atoms with Gasteiger partial charge in [-0.1, -0.05) is 31.2 Å². The fourth-order valence-corrected chi connectivity index (χ4v) is 3.05. The predicted octanol–water partition coefficient (Wildman–Crippen LogP) is 4.08. The molecule has 1 unspecified atom stereocenters. The standard InChI is InChI=1S/C22H21N5O/c1-15(14-27-11-10-16(2)26-27)22(28)24-18-7-5-6-17(12-18)21-13-23-19-8-3-4-9-20(19)25-21/h3-13,15H,14H2,1-2H3,(H,24,28). The van der Waals surface area contributed by atoms with Crippen molar-refractivity contribution in [1.29, 1.82) is 0 Å². The number of amides is 1. The van der Waals surface area contributed by atoms with E-state index in [9.17, 15) is 4.79 Å². The van der Waals surface area contributed by atoms with Crippen molar-refractivity contribution in [1.82, 2.24) is 19.7 Å². The first-order valence-electron chi connectivity index (χ1n) is 9.21. The first-order valence-corrected chi connectivity index (χ1v) is 9.21. The molecule has 0 fully saturated rings. The summed E-state index contributed by atoms with van der Waals surface area (Å²) in [7, 11) is 0. The van der Waals surface area contributed by atoms with Gasteiger partial charge in [0.1, 0.15) is 0 Å². The fraction of sp³-hybridized carbons (Fsp3) is 0.182. The molecule has 28 heavy (non-hydrogen) atoms. The lowest BCUT2D eigenvalue weighted by molar-refractivity contribution is -0.119. The summed E-state index contributed by atoms with van der Waals surface area (Å²) in [5.74, 6) is -0.252. The summed E-state index contributed by atoms with van der Waals surface area (Å²) in [6, 6.07) is 17.4. The highest BCUT2D eigenvalue weighted by Crippen LogP contribution is 2.22. The van der Waals surface area contributed by atoms with Crippen molar-refractivity contribution >= 4 is 22.6 Å². The van der Waals surface area contributed by atoms with E-state index in [0.29, 0.717) is 6.54 Å². The van der Waals surface area contributed by atoms with Crippen LogP contribution < -0.4 is 5.32 Å². The summed E-state index contributed by atoms with van der Waals surface area (Å²) in [4.78, 5) is 21.7. The van der Waals surface area contributed by atoms with Crippen molar-refractivity contribution in [3.63, 3.8) is 0 Å². The summed E-state index contributed by atoms with van der Waals surface area (Å²) in [6.45, 7) is 4.36. The van der Waals surface area contributed by atoms with E-state index < -0.39 is 0 Å². The molecule has 0 saturated carbocycles. The largest absolute Gasteiger partial charge is 0.326 e. The van der Waals surface area contributed by atoms with Gasteiger partial charge in [0.25, 0.3) is 0 Å². The third-order valence-electron chi connectivity index (χ3n) is 4.56. The lowest BCUT2D eigenvalue weighted by Crippen LogP contribution is -2.24. The minimum atomic E-state index is -0.205. The number of rotatable bonds is 5. The van der Waals surface area contributed by atoms with E-state index in [1.54, 1.807) is 10.9 Å². The molecule has 4 aromatic rings. The molecule has 0 aliphatic rings. The Morgan fingerprint density at radius 3 is 2.71 bits per heavy atom. The summed E-state index contributed by atoms with van der Waals surface area (Å²) >= 11 is 0. The van der Waals surface area contributed by atoms with Gasteiger partial charge in [0.05, 0.1) is 41.1 Å². The molecule has 2 heterocycles. The van der Waals surface area contributed by atoms with Crippen LogP contribution in [0.2, 0.25) is 0 Å². The highest BCUT2D eigenvalue weighted by atomic mass is 16.1. The summed E-state index contributed by atoms with van der Waals surface area (Å²) in [5.41, 5.74) is 5.06. The molecule has 1 N–H and O–H groups in total. The van der Waals surface area contributed by atoms with Gasteiger partial charge in [0.15, 0.2) is 0 Å². The average molecular weight is 371 g/mol. The molecule has 0 aliphatic heterocycles. The number of nitrogens with one attached hydrogen (secondary N) is 1. The number of aromatic nitrogens is 4. The Morgan fingerprint density at radius 2 is 1.93 bits per heavy atom. The molecule has 2 aromatic heterocycles. The van der Waals surface area contributed by atoms with Crippen molar-refractivity contribution in [2.24, 2.45) is 5.92 Å². The number of carbonyl (C=O) groups excluding carboxylic acids is 1. The highest BCUT2D eigenvalue weighted by Gasteiger charge is 2.15. The Hall–Kier alpha value is -3.54. The van der Waals surface area contributed by atoms with Crippen LogP contribution in [-0.4, -0.2) is 25.7 Å². The smallest absolute Gasteiger partial charge is 0.229 e. The van der Waals surface area contributed by atoms with E-state index in [1.807, 2.05) is 74.6 Å². The number of para-hydroxylation sites is 2. The number of fused-ring (bicyclic) bond motifs is 1. The van der Waals surface area contributed by atoms with E-state index in [0.717, 1.165) is 33.7 Å². The first kappa shape index (κ1) is 17.9. The van der Waals surface area contributed by atoms with Gasteiger partial charge in [-0.25, -0.2) is 4.98 Å². The maximum absolute atomic E-state index is 12.6. The SMILES string of the molecule is Cc1ccn(CC(C)C(=O)Nc2cccc(-c3cnc4ccccc4n3)c2)n1. The van der Waals surface area contributed by atoms with Crippen LogP contribution in [0, 0.1) is 12.8 Å². The van der Waals surface area contributed by atoms with Crippen LogP contribution in [0.15, 0.2) is 67.0 Å². The van der Waals surface area contributed by atoms with Crippen molar-refractivity contribution in [3.05, 3.63) is 72.7 Å². The number of anilines is 1. The molecule has 6 heteroatoms. The van der Waals surface area contributed by atoms with Gasteiger partial charge in [0.2, 0.25) is 5.91 Å². The monoisotopic (exact) mass is 371 g/mol. The van der Waals surface area contributed by atoms with Gasteiger partial charge >= 0.3 is 0 Å². The van der Waals surface area contributed by atoms with E-state index >= 15 is 0 Å². The van der Waals surface area contributed by atoms with Gasteiger partial charge in [-0.05, 0) is 37.3 Å². The zero-order chi connectivity index (χ0) is 19.5. The zero-order valence-corrected chi connectivity index (χ0v) is 15.8. The van der Waals surface area contributed by atoms with E-state index in [4.69, 9.17) is 0 Å². The molecular formula is C22H21N5O. The maximum atomic E-state index is 12.6. The van der Waals surface area contributed by atoms with Crippen molar-refractivity contribution in [2.75, 3.05) is 5.32 Å². The minimum absolute atomic E-state index is 0.0464. The average Bonchev–Trinajstić information content (AvgIpc) is 3.12. The predicted molar refractivity (Wildman–Crippen MR) is 110 cm³/mol. The van der Waals surface area contributed by atoms with E-state index in [-0.39, 0.29) is 11.8 Å². The number of hydrogen-bond acceptors (Lipinski definition) is 4. The first-order chi connectivity index (χ1) is 13.6. The summed E-state index contributed by atoms with van der Waals surface area (Å²) in [6.07, 6.45) is 3.64. The van der Waals surface area contributed by atoms with E-state index in [2.05, 4.69) is 20.4 Å². The lowest BCUT2D eigenvalue weighted by atomic mass is 10.1. The zero-order valence-electron chi connectivity index (χ0n) is 15.8. The number of nitrogens with zero attached hydrogens (tertiary/aromatic N) is 4. The van der Waals surface area contributed by atoms with Crippen LogP contribution >= 0.6 is 0 Å². The Labute approximate surface area is 163 Å². The molecule has 2 aromatic carbocycles. The van der Waals surface area contributed by atoms with Gasteiger partial charge < -0.3 is 5.32 Å². The lowest BCUT2D eigenvalue weighted by Gasteiger charge is -2.13. The molecule has 6 nitrogen and oxygen atoms in total. The van der Waals surface area contributed by atoms with Crippen LogP contribution in [0.4, 0.5) is 5.69 Å². The third kappa shape index (κ3) is 3.91. The number of hydrogen-bond donors (Lipinski definition) is 1. The Balaban J connectivity index is 1.50. The second-order valence-electron chi connectivity index (χ2n) is 6.89. The van der Waals surface area contributed by atoms with Crippen LogP contribution in [0.1, 0.15) is 12.6 Å². The van der Waals surface area contributed by atoms with Crippen LogP contribution in [-0.2, 0) is 11.3 Å². The Kier molecular flexibility index (Phi) is 4.85. The molecular weight excluding hydrogens is 350 g/mol. The Morgan fingerprint density at radius 1 is 1.11 bits per heavy atom. The Bertz CT molecular complexity index is 1130. The van der Waals surface area contributed by atoms with E-state index in [1.165, 1.54) is 0 Å². The van der Waals surface area contributed by atoms with Crippen LogP contribution in [0.5, 0.6) is 0 Å². The molecule has 0 radical (unpaired) electrons. The highest BCUT2D eigenvalue weighted by molar-refractivity contribution is 5.93. The third-order valence-corrected chi connectivity index (χ3v) is 4.56.